The van der Waals surface area contributed by atoms with E-state index < -0.39 is 17.9 Å². The zero-order chi connectivity index (χ0) is 12.1. The van der Waals surface area contributed by atoms with Crippen molar-refractivity contribution in [3.63, 3.8) is 0 Å². The molecule has 1 atom stereocenters. The molecule has 0 saturated carbocycles. The number of alkyl halides is 1. The number of aliphatic carboxylic acids is 1. The molecule has 88 valence electrons. The van der Waals surface area contributed by atoms with Gasteiger partial charge in [-0.1, -0.05) is 18.2 Å². The zero-order valence-corrected chi connectivity index (χ0v) is 9.25. The van der Waals surface area contributed by atoms with Crippen molar-refractivity contribution < 1.29 is 19.4 Å². The summed E-state index contributed by atoms with van der Waals surface area (Å²) < 4.78 is 13.7. The highest BCUT2D eigenvalue weighted by Crippen LogP contribution is 2.21. The standard InChI is InChI=1S/C11H12ClFO3/c12-6-2-4-7-3-1-5-8(9(7)13)10(14)11(15)16/h1,3,5,10,14H,2,4,6H2,(H,15,16). The number of benzene rings is 1. The van der Waals surface area contributed by atoms with Gasteiger partial charge in [-0.15, -0.1) is 11.6 Å². The molecule has 5 heteroatoms. The van der Waals surface area contributed by atoms with Crippen LogP contribution in [0.5, 0.6) is 0 Å². The van der Waals surface area contributed by atoms with Gasteiger partial charge >= 0.3 is 5.97 Å². The highest BCUT2D eigenvalue weighted by Gasteiger charge is 2.21. The van der Waals surface area contributed by atoms with Gasteiger partial charge in [0.15, 0.2) is 6.10 Å². The maximum atomic E-state index is 13.7. The maximum absolute atomic E-state index is 13.7. The zero-order valence-electron chi connectivity index (χ0n) is 8.49. The molecule has 0 bridgehead atoms. The molecular weight excluding hydrogens is 235 g/mol. The second-order valence-corrected chi connectivity index (χ2v) is 3.73. The first kappa shape index (κ1) is 12.9. The van der Waals surface area contributed by atoms with Crippen LogP contribution in [-0.4, -0.2) is 22.1 Å². The summed E-state index contributed by atoms with van der Waals surface area (Å²) in [7, 11) is 0. The Morgan fingerprint density at radius 1 is 1.50 bits per heavy atom. The van der Waals surface area contributed by atoms with Gasteiger partial charge in [-0.05, 0) is 18.4 Å². The molecule has 2 N–H and O–H groups in total. The lowest BCUT2D eigenvalue weighted by molar-refractivity contribution is -0.147. The van der Waals surface area contributed by atoms with E-state index in [0.717, 1.165) is 0 Å². The summed E-state index contributed by atoms with van der Waals surface area (Å²) in [4.78, 5) is 10.5. The Balaban J connectivity index is 2.98. The van der Waals surface area contributed by atoms with E-state index in [1.165, 1.54) is 12.1 Å². The molecule has 0 fully saturated rings. The first-order chi connectivity index (χ1) is 7.57. The minimum absolute atomic E-state index is 0.209. The fourth-order valence-corrected chi connectivity index (χ4v) is 1.53. The molecule has 0 aromatic heterocycles. The molecule has 0 aliphatic rings. The average Bonchev–Trinajstić information content (AvgIpc) is 2.26. The van der Waals surface area contributed by atoms with Gasteiger partial charge in [-0.3, -0.25) is 0 Å². The summed E-state index contributed by atoms with van der Waals surface area (Å²) >= 11 is 5.49. The quantitative estimate of drug-likeness (QED) is 0.783. The normalized spacial score (nSPS) is 12.4. The van der Waals surface area contributed by atoms with Crippen molar-refractivity contribution in [1.82, 2.24) is 0 Å². The molecular formula is C11H12ClFO3. The molecule has 0 heterocycles. The summed E-state index contributed by atoms with van der Waals surface area (Å²) in [5.74, 6) is -1.72. The number of hydrogen-bond donors (Lipinski definition) is 2. The molecule has 1 rings (SSSR count). The van der Waals surface area contributed by atoms with Crippen molar-refractivity contribution in [3.8, 4) is 0 Å². The Bertz CT molecular complexity index is 381. The van der Waals surface area contributed by atoms with Crippen LogP contribution in [0.25, 0.3) is 0 Å². The van der Waals surface area contributed by atoms with Gasteiger partial charge in [-0.25, -0.2) is 9.18 Å². The van der Waals surface area contributed by atoms with E-state index in [0.29, 0.717) is 24.3 Å². The van der Waals surface area contributed by atoms with Crippen LogP contribution in [0.1, 0.15) is 23.7 Å². The lowest BCUT2D eigenvalue weighted by Gasteiger charge is -2.10. The molecule has 0 radical (unpaired) electrons. The minimum atomic E-state index is -1.82. The number of hydrogen-bond acceptors (Lipinski definition) is 2. The first-order valence-corrected chi connectivity index (χ1v) is 5.35. The number of halogens is 2. The molecule has 0 aliphatic carbocycles. The van der Waals surface area contributed by atoms with Crippen molar-refractivity contribution in [2.45, 2.75) is 18.9 Å². The Morgan fingerprint density at radius 2 is 2.19 bits per heavy atom. The molecule has 16 heavy (non-hydrogen) atoms. The fourth-order valence-electron chi connectivity index (χ4n) is 1.39. The van der Waals surface area contributed by atoms with Crippen molar-refractivity contribution in [2.24, 2.45) is 0 Å². The lowest BCUT2D eigenvalue weighted by Crippen LogP contribution is -2.13. The monoisotopic (exact) mass is 246 g/mol. The molecule has 1 aromatic rings. The fraction of sp³-hybridized carbons (Fsp3) is 0.364. The van der Waals surface area contributed by atoms with E-state index in [-0.39, 0.29) is 5.56 Å². The molecule has 3 nitrogen and oxygen atoms in total. The second-order valence-electron chi connectivity index (χ2n) is 3.35. The third-order valence-electron chi connectivity index (χ3n) is 2.22. The Hall–Kier alpha value is -1.13. The van der Waals surface area contributed by atoms with Crippen LogP contribution in [0.2, 0.25) is 0 Å². The topological polar surface area (TPSA) is 57.5 Å². The van der Waals surface area contributed by atoms with Crippen molar-refractivity contribution >= 4 is 17.6 Å². The molecule has 0 spiro atoms. The third kappa shape index (κ3) is 2.93. The summed E-state index contributed by atoms with van der Waals surface area (Å²) in [6, 6.07) is 4.34. The average molecular weight is 247 g/mol. The highest BCUT2D eigenvalue weighted by molar-refractivity contribution is 6.17. The van der Waals surface area contributed by atoms with Gasteiger partial charge in [-0.2, -0.15) is 0 Å². The predicted octanol–water partition coefficient (Wildman–Crippen LogP) is 2.12. The van der Waals surface area contributed by atoms with Gasteiger partial charge in [0, 0.05) is 11.4 Å². The van der Waals surface area contributed by atoms with Crippen LogP contribution in [-0.2, 0) is 11.2 Å². The van der Waals surface area contributed by atoms with Crippen molar-refractivity contribution in [2.75, 3.05) is 5.88 Å². The number of aryl methyl sites for hydroxylation is 1. The van der Waals surface area contributed by atoms with Crippen LogP contribution in [0.3, 0.4) is 0 Å². The van der Waals surface area contributed by atoms with Crippen LogP contribution in [0.15, 0.2) is 18.2 Å². The molecule has 0 aliphatic heterocycles. The summed E-state index contributed by atoms with van der Waals surface area (Å²) in [5, 5.41) is 17.9. The molecule has 1 aromatic carbocycles. The van der Waals surface area contributed by atoms with Gasteiger partial charge in [0.25, 0.3) is 0 Å². The predicted molar refractivity (Wildman–Crippen MR) is 58.0 cm³/mol. The van der Waals surface area contributed by atoms with Crippen LogP contribution in [0.4, 0.5) is 4.39 Å². The number of aliphatic hydroxyl groups excluding tert-OH is 1. The maximum Gasteiger partial charge on any atom is 0.337 e. The van der Waals surface area contributed by atoms with Crippen molar-refractivity contribution in [1.29, 1.82) is 0 Å². The highest BCUT2D eigenvalue weighted by atomic mass is 35.5. The molecule has 1 unspecified atom stereocenters. The minimum Gasteiger partial charge on any atom is -0.479 e. The van der Waals surface area contributed by atoms with Crippen LogP contribution >= 0.6 is 11.6 Å². The van der Waals surface area contributed by atoms with E-state index in [4.69, 9.17) is 16.7 Å². The number of aliphatic hydroxyl groups is 1. The number of carboxylic acids is 1. The van der Waals surface area contributed by atoms with Gasteiger partial charge in [0.2, 0.25) is 0 Å². The summed E-state index contributed by atoms with van der Waals surface area (Å²) in [6.07, 6.45) is -0.795. The largest absolute Gasteiger partial charge is 0.479 e. The van der Waals surface area contributed by atoms with Crippen LogP contribution in [0, 0.1) is 5.82 Å². The second kappa shape index (κ2) is 5.82. The smallest absolute Gasteiger partial charge is 0.337 e. The van der Waals surface area contributed by atoms with Crippen LogP contribution < -0.4 is 0 Å². The van der Waals surface area contributed by atoms with E-state index in [1.54, 1.807) is 6.07 Å². The van der Waals surface area contributed by atoms with E-state index in [1.807, 2.05) is 0 Å². The number of rotatable bonds is 5. The van der Waals surface area contributed by atoms with Crippen molar-refractivity contribution in [3.05, 3.63) is 35.1 Å². The Morgan fingerprint density at radius 3 is 2.75 bits per heavy atom. The Kier molecular flexibility index (Phi) is 4.71. The summed E-state index contributed by atoms with van der Waals surface area (Å²) in [6.45, 7) is 0. The lowest BCUT2D eigenvalue weighted by atomic mass is 10.0. The van der Waals surface area contributed by atoms with E-state index in [9.17, 15) is 14.3 Å². The SMILES string of the molecule is O=C(O)C(O)c1cccc(CCCCl)c1F. The molecule has 0 saturated heterocycles. The van der Waals surface area contributed by atoms with Gasteiger partial charge in [0.1, 0.15) is 5.82 Å². The molecule has 0 amide bonds. The van der Waals surface area contributed by atoms with Gasteiger partial charge in [0.05, 0.1) is 0 Å². The van der Waals surface area contributed by atoms with E-state index in [2.05, 4.69) is 0 Å². The Labute approximate surface area is 97.5 Å². The number of carboxylic acid groups (broad SMARTS) is 1. The first-order valence-electron chi connectivity index (χ1n) is 4.82. The summed E-state index contributed by atoms with van der Waals surface area (Å²) in [5.41, 5.74) is 0.165. The van der Waals surface area contributed by atoms with E-state index >= 15 is 0 Å². The van der Waals surface area contributed by atoms with Gasteiger partial charge < -0.3 is 10.2 Å². The third-order valence-corrected chi connectivity index (χ3v) is 2.48. The number of carbonyl (C=O) groups is 1.